The Balaban J connectivity index is 1.26. The van der Waals surface area contributed by atoms with Crippen LogP contribution in [-0.2, 0) is 16.6 Å². The van der Waals surface area contributed by atoms with Gasteiger partial charge in [-0.05, 0) is 55.2 Å². The summed E-state index contributed by atoms with van der Waals surface area (Å²) in [5.41, 5.74) is 2.06. The number of hydrogen-bond donors (Lipinski definition) is 1. The van der Waals surface area contributed by atoms with Crippen LogP contribution in [0.5, 0.6) is 11.5 Å². The zero-order valence-electron chi connectivity index (χ0n) is 15.6. The highest BCUT2D eigenvalue weighted by Gasteiger charge is 2.53. The lowest BCUT2D eigenvalue weighted by atomic mass is 10.00. The van der Waals surface area contributed by atoms with Gasteiger partial charge in [0.25, 0.3) is 0 Å². The van der Waals surface area contributed by atoms with Crippen molar-refractivity contribution in [2.24, 2.45) is 0 Å². The molecule has 0 saturated heterocycles. The van der Waals surface area contributed by atoms with Gasteiger partial charge in [0.1, 0.15) is 0 Å². The Morgan fingerprint density at radius 1 is 1.07 bits per heavy atom. The first-order valence-electron chi connectivity index (χ1n) is 9.54. The summed E-state index contributed by atoms with van der Waals surface area (Å²) in [6, 6.07) is 15.1. The number of amides is 1. The number of fused-ring (bicyclic) bond motifs is 1. The third-order valence-electron chi connectivity index (χ3n) is 5.45. The lowest BCUT2D eigenvalue weighted by molar-refractivity contribution is -0.123. The average molecular weight is 411 g/mol. The van der Waals surface area contributed by atoms with Crippen LogP contribution < -0.4 is 14.8 Å². The highest BCUT2D eigenvalue weighted by atomic mass is 35.5. The molecule has 2 aliphatic rings. The quantitative estimate of drug-likeness (QED) is 0.661. The third-order valence-corrected chi connectivity index (χ3v) is 5.71. The Morgan fingerprint density at radius 2 is 1.86 bits per heavy atom. The average Bonchev–Trinajstić information content (AvgIpc) is 3.17. The van der Waals surface area contributed by atoms with Crippen molar-refractivity contribution < 1.29 is 18.8 Å². The van der Waals surface area contributed by atoms with Gasteiger partial charge in [-0.1, -0.05) is 28.9 Å². The normalized spacial score (nSPS) is 15.9. The molecule has 0 radical (unpaired) electrons. The van der Waals surface area contributed by atoms with Crippen LogP contribution in [0.25, 0.3) is 11.3 Å². The molecule has 3 aromatic rings. The lowest BCUT2D eigenvalue weighted by Gasteiger charge is -2.12. The van der Waals surface area contributed by atoms with Crippen molar-refractivity contribution >= 4 is 17.5 Å². The monoisotopic (exact) mass is 410 g/mol. The van der Waals surface area contributed by atoms with Gasteiger partial charge in [0, 0.05) is 23.2 Å². The van der Waals surface area contributed by atoms with Gasteiger partial charge in [-0.3, -0.25) is 4.79 Å². The van der Waals surface area contributed by atoms with Gasteiger partial charge >= 0.3 is 0 Å². The van der Waals surface area contributed by atoms with E-state index in [9.17, 15) is 4.79 Å². The van der Waals surface area contributed by atoms with Gasteiger partial charge in [-0.25, -0.2) is 0 Å². The molecule has 7 heteroatoms. The van der Waals surface area contributed by atoms with Crippen molar-refractivity contribution in [2.45, 2.75) is 24.7 Å². The third kappa shape index (κ3) is 3.44. The second-order valence-corrected chi connectivity index (χ2v) is 7.80. The van der Waals surface area contributed by atoms with E-state index in [2.05, 4.69) is 10.5 Å². The van der Waals surface area contributed by atoms with Crippen LogP contribution in [0.1, 0.15) is 24.1 Å². The van der Waals surface area contributed by atoms with E-state index >= 15 is 0 Å². The molecule has 148 valence electrons. The molecule has 1 aromatic heterocycles. The number of carbonyl (C=O) groups is 1. The topological polar surface area (TPSA) is 73.6 Å². The summed E-state index contributed by atoms with van der Waals surface area (Å²) in [6.07, 6.45) is 2.29. The van der Waals surface area contributed by atoms with E-state index in [1.54, 1.807) is 0 Å². The van der Waals surface area contributed by atoms with E-state index in [1.807, 2.05) is 48.5 Å². The molecule has 1 fully saturated rings. The molecule has 1 aliphatic carbocycles. The van der Waals surface area contributed by atoms with Gasteiger partial charge < -0.3 is 19.3 Å². The SMILES string of the molecule is O=C(NCCc1ccc(Cl)cc1)C1(c2cc(-c3ccc4c(c3)OCO4)on2)CC1. The highest BCUT2D eigenvalue weighted by Crippen LogP contribution is 2.49. The van der Waals surface area contributed by atoms with Gasteiger partial charge in [-0.2, -0.15) is 0 Å². The largest absolute Gasteiger partial charge is 0.454 e. The zero-order chi connectivity index (χ0) is 19.8. The molecular weight excluding hydrogens is 392 g/mol. The molecular formula is C22H19ClN2O4. The first kappa shape index (κ1) is 18.1. The van der Waals surface area contributed by atoms with E-state index in [1.165, 1.54) is 0 Å². The molecule has 0 unspecified atom stereocenters. The van der Waals surface area contributed by atoms with Crippen LogP contribution in [0.4, 0.5) is 0 Å². The fraction of sp³-hybridized carbons (Fsp3) is 0.273. The summed E-state index contributed by atoms with van der Waals surface area (Å²) >= 11 is 5.91. The van der Waals surface area contributed by atoms with Crippen LogP contribution in [0.15, 0.2) is 53.1 Å². The van der Waals surface area contributed by atoms with Crippen LogP contribution in [0, 0.1) is 0 Å². The minimum atomic E-state index is -0.585. The number of nitrogens with one attached hydrogen (secondary N) is 1. The molecule has 1 saturated carbocycles. The second kappa shape index (κ2) is 7.12. The van der Waals surface area contributed by atoms with Crippen LogP contribution in [0.3, 0.4) is 0 Å². The summed E-state index contributed by atoms with van der Waals surface area (Å²) in [5.74, 6) is 2.00. The maximum Gasteiger partial charge on any atom is 0.232 e. The van der Waals surface area contributed by atoms with Crippen molar-refractivity contribution in [1.82, 2.24) is 10.5 Å². The molecule has 6 nitrogen and oxygen atoms in total. The van der Waals surface area contributed by atoms with Gasteiger partial charge in [0.15, 0.2) is 17.3 Å². The molecule has 1 aliphatic heterocycles. The number of nitrogens with zero attached hydrogens (tertiary/aromatic N) is 1. The van der Waals surface area contributed by atoms with Crippen molar-refractivity contribution in [3.63, 3.8) is 0 Å². The minimum absolute atomic E-state index is 0.00278. The fourth-order valence-corrected chi connectivity index (χ4v) is 3.68. The molecule has 29 heavy (non-hydrogen) atoms. The molecule has 0 atom stereocenters. The molecule has 1 N–H and O–H groups in total. The summed E-state index contributed by atoms with van der Waals surface area (Å²) < 4.78 is 16.3. The fourth-order valence-electron chi connectivity index (χ4n) is 3.55. The lowest BCUT2D eigenvalue weighted by Crippen LogP contribution is -2.36. The first-order chi connectivity index (χ1) is 14.1. The molecule has 5 rings (SSSR count). The maximum absolute atomic E-state index is 12.8. The Labute approximate surface area is 172 Å². The number of halogens is 1. The van der Waals surface area contributed by atoms with E-state index in [-0.39, 0.29) is 12.7 Å². The second-order valence-electron chi connectivity index (χ2n) is 7.36. The number of aromatic nitrogens is 1. The van der Waals surface area contributed by atoms with E-state index in [4.69, 9.17) is 25.6 Å². The first-order valence-corrected chi connectivity index (χ1v) is 9.92. The Hall–Kier alpha value is -2.99. The standard InChI is InChI=1S/C22H19ClN2O4/c23-16-4-1-14(2-5-16)7-10-24-21(26)22(8-9-22)20-12-18(29-25-20)15-3-6-17-19(11-15)28-13-27-17/h1-6,11-12H,7-10,13H2,(H,24,26). The van der Waals surface area contributed by atoms with E-state index in [0.717, 1.165) is 30.4 Å². The van der Waals surface area contributed by atoms with Crippen LogP contribution in [0.2, 0.25) is 5.02 Å². The Kier molecular flexibility index (Phi) is 4.43. The van der Waals surface area contributed by atoms with E-state index < -0.39 is 5.41 Å². The van der Waals surface area contributed by atoms with Crippen molar-refractivity contribution in [3.8, 4) is 22.8 Å². The summed E-state index contributed by atoms with van der Waals surface area (Å²) in [4.78, 5) is 12.8. The number of rotatable bonds is 6. The molecule has 1 amide bonds. The minimum Gasteiger partial charge on any atom is -0.454 e. The zero-order valence-corrected chi connectivity index (χ0v) is 16.4. The Morgan fingerprint density at radius 3 is 2.66 bits per heavy atom. The summed E-state index contributed by atoms with van der Waals surface area (Å²) in [5, 5.41) is 7.94. The number of benzene rings is 2. The van der Waals surface area contributed by atoms with Gasteiger partial charge in [0.05, 0.1) is 11.1 Å². The van der Waals surface area contributed by atoms with Crippen molar-refractivity contribution in [2.75, 3.05) is 13.3 Å². The maximum atomic E-state index is 12.8. The summed E-state index contributed by atoms with van der Waals surface area (Å²) in [7, 11) is 0. The number of carbonyl (C=O) groups excluding carboxylic acids is 1. The van der Waals surface area contributed by atoms with Crippen molar-refractivity contribution in [3.05, 3.63) is 64.8 Å². The highest BCUT2D eigenvalue weighted by molar-refractivity contribution is 6.30. The van der Waals surface area contributed by atoms with Crippen LogP contribution in [-0.4, -0.2) is 24.4 Å². The van der Waals surface area contributed by atoms with Crippen molar-refractivity contribution in [1.29, 1.82) is 0 Å². The Bertz CT molecular complexity index is 1060. The number of hydrogen-bond acceptors (Lipinski definition) is 5. The van der Waals surface area contributed by atoms with Crippen LogP contribution >= 0.6 is 11.6 Å². The number of ether oxygens (including phenoxy) is 2. The molecule has 0 spiro atoms. The smallest absolute Gasteiger partial charge is 0.232 e. The molecule has 0 bridgehead atoms. The van der Waals surface area contributed by atoms with E-state index in [0.29, 0.717) is 34.5 Å². The summed E-state index contributed by atoms with van der Waals surface area (Å²) in [6.45, 7) is 0.787. The van der Waals surface area contributed by atoms with Gasteiger partial charge in [0.2, 0.25) is 12.7 Å². The predicted molar refractivity (Wildman–Crippen MR) is 107 cm³/mol. The molecule has 2 aromatic carbocycles. The predicted octanol–water partition coefficient (Wildman–Crippen LogP) is 4.11. The van der Waals surface area contributed by atoms with Gasteiger partial charge in [-0.15, -0.1) is 0 Å². The molecule has 2 heterocycles.